The molecule has 0 saturated heterocycles. The highest BCUT2D eigenvalue weighted by molar-refractivity contribution is 6.12. The molecule has 2 rings (SSSR count). The van der Waals surface area contributed by atoms with Gasteiger partial charge in [0.1, 0.15) is 17.2 Å². The van der Waals surface area contributed by atoms with Crippen LogP contribution in [0, 0.1) is 0 Å². The lowest BCUT2D eigenvalue weighted by Gasteiger charge is -2.26. The van der Waals surface area contributed by atoms with Crippen LogP contribution < -0.4 is 0 Å². The molecule has 0 fully saturated rings. The molecule has 0 amide bonds. The Morgan fingerprint density at radius 3 is 2.08 bits per heavy atom. The Kier molecular flexibility index (Phi) is 5.73. The van der Waals surface area contributed by atoms with Gasteiger partial charge in [-0.15, -0.1) is 0 Å². The molecule has 4 nitrogen and oxygen atoms in total. The van der Waals surface area contributed by atoms with Crippen molar-refractivity contribution < 1.29 is 20.1 Å². The number of hydrogen-bond donors (Lipinski definition) is 3. The van der Waals surface area contributed by atoms with E-state index in [4.69, 9.17) is 0 Å². The predicted octanol–water partition coefficient (Wildman–Crippen LogP) is 4.89. The highest BCUT2D eigenvalue weighted by Crippen LogP contribution is 2.34. The van der Waals surface area contributed by atoms with Crippen LogP contribution in [-0.4, -0.2) is 21.1 Å². The van der Waals surface area contributed by atoms with Gasteiger partial charge in [-0.1, -0.05) is 46.1 Å². The van der Waals surface area contributed by atoms with E-state index in [1.54, 1.807) is 12.1 Å². The molecule has 3 N–H and O–H groups in total. The average molecular weight is 342 g/mol. The summed E-state index contributed by atoms with van der Waals surface area (Å²) in [6, 6.07) is 8.87. The third kappa shape index (κ3) is 4.32. The number of phenolic OH excluding ortho intramolecular Hbond substituents is 3. The van der Waals surface area contributed by atoms with E-state index in [0.29, 0.717) is 0 Å². The number of carbonyl (C=O) groups excluding carboxylic acids is 1. The zero-order chi connectivity index (χ0) is 18.6. The Morgan fingerprint density at radius 1 is 0.920 bits per heavy atom. The van der Waals surface area contributed by atoms with Crippen LogP contribution >= 0.6 is 0 Å². The minimum absolute atomic E-state index is 0.0445. The fourth-order valence-corrected chi connectivity index (χ4v) is 2.96. The van der Waals surface area contributed by atoms with Gasteiger partial charge in [0.05, 0.1) is 11.1 Å². The van der Waals surface area contributed by atoms with Gasteiger partial charge in [-0.3, -0.25) is 4.79 Å². The molecule has 0 atom stereocenters. The van der Waals surface area contributed by atoms with Crippen LogP contribution in [0.2, 0.25) is 0 Å². The van der Waals surface area contributed by atoms with Crippen molar-refractivity contribution in [1.29, 1.82) is 0 Å². The van der Waals surface area contributed by atoms with E-state index in [-0.39, 0.29) is 33.8 Å². The van der Waals surface area contributed by atoms with Crippen molar-refractivity contribution in [3.05, 3.63) is 53.1 Å². The van der Waals surface area contributed by atoms with Gasteiger partial charge >= 0.3 is 0 Å². The lowest BCUT2D eigenvalue weighted by Crippen LogP contribution is -2.17. The van der Waals surface area contributed by atoms with Crippen LogP contribution in [0.25, 0.3) is 0 Å². The number of phenols is 3. The van der Waals surface area contributed by atoms with Crippen molar-refractivity contribution in [3.8, 4) is 17.2 Å². The smallest absolute Gasteiger partial charge is 0.200 e. The molecule has 0 unspecified atom stereocenters. The zero-order valence-electron chi connectivity index (χ0n) is 15.0. The molecule has 25 heavy (non-hydrogen) atoms. The maximum absolute atomic E-state index is 12.6. The Balaban J connectivity index is 2.28. The Labute approximate surface area is 148 Å². The summed E-state index contributed by atoms with van der Waals surface area (Å²) in [6.07, 6.45) is 4.45. The van der Waals surface area contributed by atoms with Crippen LogP contribution in [-0.2, 0) is 5.41 Å². The largest absolute Gasteiger partial charge is 0.508 e. The molecule has 0 aliphatic heterocycles. The van der Waals surface area contributed by atoms with Crippen molar-refractivity contribution in [2.75, 3.05) is 0 Å². The molecular formula is C21H26O4. The second-order valence-corrected chi connectivity index (χ2v) is 7.10. The van der Waals surface area contributed by atoms with Crippen molar-refractivity contribution in [2.45, 2.75) is 51.9 Å². The standard InChI is InChI=1S/C21H26O4/c1-4-5-6-11-21(2,3)14-7-9-16(18(23)12-14)20(25)17-10-8-15(22)13-19(17)24/h7-10,12-13,22-24H,4-6,11H2,1-3H3. The first-order valence-electron chi connectivity index (χ1n) is 8.66. The minimum Gasteiger partial charge on any atom is -0.508 e. The molecule has 4 heteroatoms. The van der Waals surface area contributed by atoms with Gasteiger partial charge in [0.2, 0.25) is 0 Å². The van der Waals surface area contributed by atoms with E-state index in [1.807, 2.05) is 6.07 Å². The number of rotatable bonds is 7. The molecule has 0 aliphatic carbocycles. The zero-order valence-corrected chi connectivity index (χ0v) is 15.0. The van der Waals surface area contributed by atoms with E-state index in [2.05, 4.69) is 20.8 Å². The number of aromatic hydroxyl groups is 3. The van der Waals surface area contributed by atoms with Gasteiger partial charge in [0, 0.05) is 6.07 Å². The van der Waals surface area contributed by atoms with Crippen molar-refractivity contribution in [2.24, 2.45) is 0 Å². The first kappa shape index (κ1) is 18.8. The van der Waals surface area contributed by atoms with Gasteiger partial charge in [-0.05, 0) is 41.7 Å². The van der Waals surface area contributed by atoms with Crippen LogP contribution in [0.1, 0.15) is 67.9 Å². The van der Waals surface area contributed by atoms with Crippen LogP contribution in [0.3, 0.4) is 0 Å². The molecule has 2 aromatic carbocycles. The second kappa shape index (κ2) is 7.60. The number of unbranched alkanes of at least 4 members (excludes halogenated alkanes) is 2. The number of ketones is 1. The quantitative estimate of drug-likeness (QED) is 0.494. The van der Waals surface area contributed by atoms with Gasteiger partial charge in [0.15, 0.2) is 5.78 Å². The highest BCUT2D eigenvalue weighted by atomic mass is 16.3. The van der Waals surface area contributed by atoms with Gasteiger partial charge in [0.25, 0.3) is 0 Å². The molecular weight excluding hydrogens is 316 g/mol. The molecule has 0 saturated carbocycles. The van der Waals surface area contributed by atoms with Crippen molar-refractivity contribution in [1.82, 2.24) is 0 Å². The summed E-state index contributed by atoms with van der Waals surface area (Å²) >= 11 is 0. The summed E-state index contributed by atoms with van der Waals surface area (Å²) < 4.78 is 0. The molecule has 134 valence electrons. The summed E-state index contributed by atoms with van der Waals surface area (Å²) in [5, 5.41) is 29.5. The number of carbonyl (C=O) groups is 1. The van der Waals surface area contributed by atoms with Gasteiger partial charge < -0.3 is 15.3 Å². The van der Waals surface area contributed by atoms with E-state index in [1.165, 1.54) is 18.6 Å². The number of hydrogen-bond acceptors (Lipinski definition) is 4. The van der Waals surface area contributed by atoms with Gasteiger partial charge in [-0.25, -0.2) is 0 Å². The lowest BCUT2D eigenvalue weighted by atomic mass is 9.79. The maximum Gasteiger partial charge on any atom is 0.200 e. The second-order valence-electron chi connectivity index (χ2n) is 7.10. The monoisotopic (exact) mass is 342 g/mol. The summed E-state index contributed by atoms with van der Waals surface area (Å²) in [4.78, 5) is 12.6. The van der Waals surface area contributed by atoms with Crippen LogP contribution in [0.4, 0.5) is 0 Å². The molecule has 0 radical (unpaired) electrons. The highest BCUT2D eigenvalue weighted by Gasteiger charge is 2.23. The summed E-state index contributed by atoms with van der Waals surface area (Å²) in [5.41, 5.74) is 1.07. The van der Waals surface area contributed by atoms with Crippen LogP contribution in [0.5, 0.6) is 17.2 Å². The minimum atomic E-state index is -0.481. The maximum atomic E-state index is 12.6. The summed E-state index contributed by atoms with van der Waals surface area (Å²) in [7, 11) is 0. The Morgan fingerprint density at radius 2 is 1.52 bits per heavy atom. The normalized spacial score (nSPS) is 11.5. The SMILES string of the molecule is CCCCCC(C)(C)c1ccc(C(=O)c2ccc(O)cc2O)c(O)c1. The molecule has 2 aromatic rings. The first-order chi connectivity index (χ1) is 11.8. The first-order valence-corrected chi connectivity index (χ1v) is 8.66. The summed E-state index contributed by atoms with van der Waals surface area (Å²) in [5.74, 6) is -1.01. The third-order valence-electron chi connectivity index (χ3n) is 4.66. The van der Waals surface area contributed by atoms with Crippen molar-refractivity contribution in [3.63, 3.8) is 0 Å². The van der Waals surface area contributed by atoms with Crippen LogP contribution in [0.15, 0.2) is 36.4 Å². The molecule has 0 aromatic heterocycles. The molecule has 0 bridgehead atoms. The van der Waals surface area contributed by atoms with Gasteiger partial charge in [-0.2, -0.15) is 0 Å². The average Bonchev–Trinajstić information content (AvgIpc) is 2.54. The van der Waals surface area contributed by atoms with Crippen molar-refractivity contribution >= 4 is 5.78 Å². The van der Waals surface area contributed by atoms with E-state index in [0.717, 1.165) is 30.9 Å². The van der Waals surface area contributed by atoms with E-state index >= 15 is 0 Å². The third-order valence-corrected chi connectivity index (χ3v) is 4.66. The molecule has 0 aliphatic rings. The Hall–Kier alpha value is -2.49. The predicted molar refractivity (Wildman–Crippen MR) is 98.5 cm³/mol. The Bertz CT molecular complexity index is 762. The molecule has 0 heterocycles. The fraction of sp³-hybridized carbons (Fsp3) is 0.381. The van der Waals surface area contributed by atoms with E-state index in [9.17, 15) is 20.1 Å². The van der Waals surface area contributed by atoms with E-state index < -0.39 is 5.78 Å². The molecule has 0 spiro atoms. The summed E-state index contributed by atoms with van der Waals surface area (Å²) in [6.45, 7) is 6.42. The number of benzene rings is 2. The fourth-order valence-electron chi connectivity index (χ4n) is 2.96. The lowest BCUT2D eigenvalue weighted by molar-refractivity contribution is 0.103. The topological polar surface area (TPSA) is 77.8 Å².